The number of carboxylic acid groups (broad SMARTS) is 1. The number of halogens is 3. The molecule has 1 N–H and O–H groups in total. The Labute approximate surface area is 93.5 Å². The molecule has 0 bridgehead atoms. The van der Waals surface area contributed by atoms with Gasteiger partial charge in [-0.15, -0.1) is 11.8 Å². The van der Waals surface area contributed by atoms with Crippen molar-refractivity contribution in [3.63, 3.8) is 0 Å². The van der Waals surface area contributed by atoms with Crippen molar-refractivity contribution < 1.29 is 23.1 Å². The Bertz CT molecular complexity index is 442. The molecule has 2 nitrogen and oxygen atoms in total. The lowest BCUT2D eigenvalue weighted by Crippen LogP contribution is -2.14. The van der Waals surface area contributed by atoms with Crippen LogP contribution in [0.3, 0.4) is 0 Å². The second-order valence-corrected chi connectivity index (χ2v) is 4.71. The number of hydrogen-bond donors (Lipinski definition) is 1. The summed E-state index contributed by atoms with van der Waals surface area (Å²) in [4.78, 5) is 11.3. The van der Waals surface area contributed by atoms with Crippen LogP contribution in [0.4, 0.5) is 13.2 Å². The maximum Gasteiger partial charge on any atom is 0.416 e. The van der Waals surface area contributed by atoms with Crippen molar-refractivity contribution in [3.8, 4) is 0 Å². The summed E-state index contributed by atoms with van der Waals surface area (Å²) < 4.78 is 37.2. The van der Waals surface area contributed by atoms with Gasteiger partial charge in [-0.05, 0) is 30.2 Å². The van der Waals surface area contributed by atoms with Gasteiger partial charge in [-0.1, -0.05) is 0 Å². The summed E-state index contributed by atoms with van der Waals surface area (Å²) in [6.07, 6.45) is -4.22. The molecule has 2 rings (SSSR count). The van der Waals surface area contributed by atoms with Crippen LogP contribution < -0.4 is 0 Å². The van der Waals surface area contributed by atoms with Crippen LogP contribution in [-0.2, 0) is 17.4 Å². The summed E-state index contributed by atoms with van der Waals surface area (Å²) >= 11 is 1.10. The first kappa shape index (κ1) is 11.3. The number of carboxylic acids is 1. The first-order chi connectivity index (χ1) is 7.38. The fraction of sp³-hybridized carbons (Fsp3) is 0.300. The molecule has 0 fully saturated rings. The van der Waals surface area contributed by atoms with Crippen molar-refractivity contribution in [1.82, 2.24) is 0 Å². The smallest absolute Gasteiger partial charge is 0.416 e. The Morgan fingerprint density at radius 3 is 2.69 bits per heavy atom. The molecule has 0 aromatic heterocycles. The fourth-order valence-corrected chi connectivity index (χ4v) is 2.67. The Kier molecular flexibility index (Phi) is 2.61. The Hall–Kier alpha value is -1.17. The molecule has 6 heteroatoms. The van der Waals surface area contributed by atoms with Crippen LogP contribution >= 0.6 is 11.8 Å². The highest BCUT2D eigenvalue weighted by Crippen LogP contribution is 2.40. The molecule has 86 valence electrons. The average Bonchev–Trinajstić information content (AvgIpc) is 2.58. The van der Waals surface area contributed by atoms with E-state index in [1.54, 1.807) is 0 Å². The van der Waals surface area contributed by atoms with Crippen LogP contribution in [0.2, 0.25) is 0 Å². The van der Waals surface area contributed by atoms with Gasteiger partial charge in [0.05, 0.1) is 5.56 Å². The normalized spacial score (nSPS) is 19.6. The molecule has 0 spiro atoms. The molecule has 0 saturated heterocycles. The minimum Gasteiger partial charge on any atom is -0.480 e. The van der Waals surface area contributed by atoms with E-state index in [0.29, 0.717) is 10.5 Å². The molecular formula is C10H7F3O2S. The summed E-state index contributed by atoms with van der Waals surface area (Å²) in [5.74, 6) is -0.991. The molecular weight excluding hydrogens is 241 g/mol. The van der Waals surface area contributed by atoms with Crippen molar-refractivity contribution in [3.05, 3.63) is 29.3 Å². The van der Waals surface area contributed by atoms with Crippen molar-refractivity contribution in [1.29, 1.82) is 0 Å². The van der Waals surface area contributed by atoms with Crippen LogP contribution in [0.25, 0.3) is 0 Å². The predicted octanol–water partition coefficient (Wildman–Crippen LogP) is 2.81. The summed E-state index contributed by atoms with van der Waals surface area (Å²) in [5, 5.41) is 8.10. The third kappa shape index (κ3) is 2.02. The second-order valence-electron chi connectivity index (χ2n) is 3.47. The van der Waals surface area contributed by atoms with Gasteiger partial charge in [0.2, 0.25) is 0 Å². The van der Waals surface area contributed by atoms with E-state index in [-0.39, 0.29) is 6.42 Å². The van der Waals surface area contributed by atoms with Gasteiger partial charge in [0.15, 0.2) is 0 Å². The molecule has 0 aliphatic carbocycles. The topological polar surface area (TPSA) is 37.3 Å². The van der Waals surface area contributed by atoms with Gasteiger partial charge in [-0.3, -0.25) is 4.79 Å². The summed E-state index contributed by atoms with van der Waals surface area (Å²) in [7, 11) is 0. The Morgan fingerprint density at radius 2 is 2.12 bits per heavy atom. The Balaban J connectivity index is 2.31. The van der Waals surface area contributed by atoms with E-state index in [1.807, 2.05) is 0 Å². The number of thioether (sulfide) groups is 1. The Morgan fingerprint density at radius 1 is 1.44 bits per heavy atom. The molecule has 0 radical (unpaired) electrons. The van der Waals surface area contributed by atoms with E-state index < -0.39 is 23.0 Å². The van der Waals surface area contributed by atoms with Gasteiger partial charge in [-0.2, -0.15) is 13.2 Å². The molecule has 1 aromatic carbocycles. The highest BCUT2D eigenvalue weighted by atomic mass is 32.2. The van der Waals surface area contributed by atoms with Gasteiger partial charge >= 0.3 is 12.1 Å². The minimum atomic E-state index is -4.37. The van der Waals surface area contributed by atoms with Gasteiger partial charge < -0.3 is 5.11 Å². The SMILES string of the molecule is O=C(O)C1Cc2cc(C(F)(F)F)ccc2S1. The highest BCUT2D eigenvalue weighted by Gasteiger charge is 2.34. The van der Waals surface area contributed by atoms with Crippen LogP contribution in [0.1, 0.15) is 11.1 Å². The van der Waals surface area contributed by atoms with Gasteiger partial charge in [-0.25, -0.2) is 0 Å². The van der Waals surface area contributed by atoms with Crippen LogP contribution in [0, 0.1) is 0 Å². The lowest BCUT2D eigenvalue weighted by molar-refractivity contribution is -0.137. The third-order valence-corrected chi connectivity index (χ3v) is 3.64. The predicted molar refractivity (Wildman–Crippen MR) is 52.4 cm³/mol. The number of aliphatic carboxylic acids is 1. The molecule has 1 aromatic rings. The van der Waals surface area contributed by atoms with Crippen LogP contribution in [-0.4, -0.2) is 16.3 Å². The minimum absolute atomic E-state index is 0.152. The van der Waals surface area contributed by atoms with E-state index >= 15 is 0 Å². The monoisotopic (exact) mass is 248 g/mol. The number of hydrogen-bond acceptors (Lipinski definition) is 2. The van der Waals surface area contributed by atoms with Crippen LogP contribution in [0.5, 0.6) is 0 Å². The zero-order valence-electron chi connectivity index (χ0n) is 7.91. The van der Waals surface area contributed by atoms with Crippen molar-refractivity contribution in [2.24, 2.45) is 0 Å². The lowest BCUT2D eigenvalue weighted by Gasteiger charge is -2.07. The number of benzene rings is 1. The molecule has 16 heavy (non-hydrogen) atoms. The zero-order chi connectivity index (χ0) is 11.9. The third-order valence-electron chi connectivity index (χ3n) is 2.34. The second kappa shape index (κ2) is 3.69. The molecule has 1 aliphatic rings. The first-order valence-electron chi connectivity index (χ1n) is 4.47. The number of rotatable bonds is 1. The van der Waals surface area contributed by atoms with E-state index in [2.05, 4.69) is 0 Å². The van der Waals surface area contributed by atoms with E-state index in [1.165, 1.54) is 6.07 Å². The number of alkyl halides is 3. The fourth-order valence-electron chi connectivity index (χ4n) is 1.56. The summed E-state index contributed by atoms with van der Waals surface area (Å²) in [6.45, 7) is 0. The highest BCUT2D eigenvalue weighted by molar-refractivity contribution is 8.01. The molecule has 1 unspecified atom stereocenters. The summed E-state index contributed by atoms with van der Waals surface area (Å²) in [6, 6.07) is 3.35. The number of carbonyl (C=O) groups is 1. The van der Waals surface area contributed by atoms with Crippen molar-refractivity contribution in [2.75, 3.05) is 0 Å². The molecule has 0 amide bonds. The van der Waals surface area contributed by atoms with Crippen molar-refractivity contribution >= 4 is 17.7 Å². The average molecular weight is 248 g/mol. The zero-order valence-corrected chi connectivity index (χ0v) is 8.73. The van der Waals surface area contributed by atoms with E-state index in [9.17, 15) is 18.0 Å². The van der Waals surface area contributed by atoms with Gasteiger partial charge in [0.1, 0.15) is 5.25 Å². The van der Waals surface area contributed by atoms with Crippen LogP contribution in [0.15, 0.2) is 23.1 Å². The summed E-state index contributed by atoms with van der Waals surface area (Å²) in [5.41, 5.74) is -0.259. The molecule has 1 aliphatic heterocycles. The molecule has 1 heterocycles. The van der Waals surface area contributed by atoms with Gasteiger partial charge in [0.25, 0.3) is 0 Å². The molecule has 1 atom stereocenters. The van der Waals surface area contributed by atoms with E-state index in [0.717, 1.165) is 23.9 Å². The molecule has 0 saturated carbocycles. The maximum absolute atomic E-state index is 12.4. The number of fused-ring (bicyclic) bond motifs is 1. The largest absolute Gasteiger partial charge is 0.480 e. The van der Waals surface area contributed by atoms with Gasteiger partial charge in [0, 0.05) is 4.90 Å². The maximum atomic E-state index is 12.4. The van der Waals surface area contributed by atoms with Crippen molar-refractivity contribution in [2.45, 2.75) is 22.7 Å². The standard InChI is InChI=1S/C10H7F3O2S/c11-10(12,13)6-1-2-7-5(3-6)4-8(16-7)9(14)15/h1-3,8H,4H2,(H,14,15). The first-order valence-corrected chi connectivity index (χ1v) is 5.35. The quantitative estimate of drug-likeness (QED) is 0.830. The lowest BCUT2D eigenvalue weighted by atomic mass is 10.1. The van der Waals surface area contributed by atoms with E-state index in [4.69, 9.17) is 5.11 Å².